The van der Waals surface area contributed by atoms with Crippen molar-refractivity contribution in [3.05, 3.63) is 75.1 Å². The molecule has 1 aromatic carbocycles. The summed E-state index contributed by atoms with van der Waals surface area (Å²) in [6, 6.07) is 6.49. The fourth-order valence-electron chi connectivity index (χ4n) is 3.43. The van der Waals surface area contributed by atoms with Crippen molar-refractivity contribution in [1.82, 2.24) is 14.9 Å². The molecule has 0 saturated carbocycles. The maximum Gasteiger partial charge on any atom is 0.330 e. The van der Waals surface area contributed by atoms with Crippen LogP contribution < -0.4 is 27.0 Å². The van der Waals surface area contributed by atoms with E-state index in [0.29, 0.717) is 24.3 Å². The van der Waals surface area contributed by atoms with Crippen molar-refractivity contribution in [2.45, 2.75) is 44.2 Å². The third kappa shape index (κ3) is 5.72. The molecule has 0 spiro atoms. The lowest BCUT2D eigenvalue weighted by Crippen LogP contribution is -2.46. The molecular weight excluding hydrogens is 416 g/mol. The summed E-state index contributed by atoms with van der Waals surface area (Å²) < 4.78 is 12.4. The average molecular weight is 444 g/mol. The van der Waals surface area contributed by atoms with Crippen molar-refractivity contribution in [1.29, 1.82) is 0 Å². The molecular formula is C22H28N4O6. The van der Waals surface area contributed by atoms with Gasteiger partial charge in [0.25, 0.3) is 5.56 Å². The Balaban J connectivity index is 1.52. The average Bonchev–Trinajstić information content (AvgIpc) is 3.14. The number of nitrogens with zero attached hydrogens (tertiary/aromatic N) is 1. The third-order valence-electron chi connectivity index (χ3n) is 5.22. The first-order valence-corrected chi connectivity index (χ1v) is 10.3. The first kappa shape index (κ1) is 23.5. The number of aromatic amines is 1. The van der Waals surface area contributed by atoms with Gasteiger partial charge in [0.1, 0.15) is 24.7 Å². The topological polar surface area (TPSA) is 149 Å². The van der Waals surface area contributed by atoms with Crippen molar-refractivity contribution in [3.8, 4) is 5.75 Å². The highest BCUT2D eigenvalue weighted by Crippen LogP contribution is 2.27. The first-order chi connectivity index (χ1) is 15.3. The molecule has 10 heteroatoms. The second kappa shape index (κ2) is 10.4. The predicted octanol–water partition coefficient (Wildman–Crippen LogP) is -0.256. The van der Waals surface area contributed by atoms with E-state index >= 15 is 0 Å². The fourth-order valence-corrected chi connectivity index (χ4v) is 3.43. The van der Waals surface area contributed by atoms with Crippen molar-refractivity contribution in [3.63, 3.8) is 0 Å². The number of benzene rings is 1. The van der Waals surface area contributed by atoms with E-state index in [9.17, 15) is 19.5 Å². The maximum absolute atomic E-state index is 12.4. The van der Waals surface area contributed by atoms with Gasteiger partial charge in [0.05, 0.1) is 12.1 Å². The minimum atomic E-state index is -0.890. The summed E-state index contributed by atoms with van der Waals surface area (Å²) in [5.41, 5.74) is 6.16. The van der Waals surface area contributed by atoms with E-state index in [0.717, 1.165) is 5.56 Å². The maximum atomic E-state index is 12.4. The first-order valence-electron chi connectivity index (χ1n) is 10.3. The number of hydrogen-bond donors (Lipinski definition) is 4. The van der Waals surface area contributed by atoms with Gasteiger partial charge < -0.3 is 25.6 Å². The number of amides is 1. The summed E-state index contributed by atoms with van der Waals surface area (Å²) >= 11 is 0. The molecule has 0 radical (unpaired) electrons. The molecule has 2 aromatic rings. The highest BCUT2D eigenvalue weighted by Gasteiger charge is 2.36. The molecule has 32 heavy (non-hydrogen) atoms. The molecule has 3 rings (SSSR count). The second-order valence-corrected chi connectivity index (χ2v) is 7.71. The van der Waals surface area contributed by atoms with Crippen LogP contribution in [0.15, 0.2) is 52.7 Å². The van der Waals surface area contributed by atoms with Gasteiger partial charge in [-0.05, 0) is 31.0 Å². The zero-order valence-electron chi connectivity index (χ0n) is 17.8. The van der Waals surface area contributed by atoms with Crippen LogP contribution in [0, 0.1) is 6.92 Å². The van der Waals surface area contributed by atoms with E-state index in [-0.39, 0.29) is 18.9 Å². The Hall–Kier alpha value is -3.21. The summed E-state index contributed by atoms with van der Waals surface area (Å²) in [7, 11) is 0. The Morgan fingerprint density at radius 1 is 1.44 bits per heavy atom. The molecule has 1 amide bonds. The number of rotatable bonds is 9. The van der Waals surface area contributed by atoms with Crippen LogP contribution in [0.5, 0.6) is 5.75 Å². The molecule has 1 fully saturated rings. The zero-order chi connectivity index (χ0) is 23.3. The van der Waals surface area contributed by atoms with Crippen LogP contribution in [0.1, 0.15) is 23.8 Å². The Morgan fingerprint density at radius 2 is 2.16 bits per heavy atom. The molecule has 2 heterocycles. The number of carbonyl (C=O) groups is 1. The molecule has 1 aliphatic heterocycles. The Kier molecular flexibility index (Phi) is 7.62. The van der Waals surface area contributed by atoms with E-state index in [1.165, 1.54) is 10.8 Å². The van der Waals surface area contributed by atoms with Crippen molar-refractivity contribution in [2.75, 3.05) is 13.2 Å². The molecule has 0 aliphatic carbocycles. The van der Waals surface area contributed by atoms with Crippen molar-refractivity contribution < 1.29 is 19.4 Å². The minimum absolute atomic E-state index is 0.0373. The van der Waals surface area contributed by atoms with Gasteiger partial charge >= 0.3 is 5.69 Å². The summed E-state index contributed by atoms with van der Waals surface area (Å²) in [4.78, 5) is 38.2. The van der Waals surface area contributed by atoms with Gasteiger partial charge in [0, 0.05) is 24.7 Å². The molecule has 5 N–H and O–H groups in total. The SMILES string of the molecule is C=CCOc1ccc(C[C@H](N)C(=O)NC[C@H]2O[C@@H](n3cc(C)c(=O)[nH]c3=O)C[C@@H]2O)cc1. The largest absolute Gasteiger partial charge is 0.490 e. The molecule has 172 valence electrons. The van der Waals surface area contributed by atoms with Gasteiger partial charge in [-0.1, -0.05) is 24.8 Å². The predicted molar refractivity (Wildman–Crippen MR) is 117 cm³/mol. The minimum Gasteiger partial charge on any atom is -0.490 e. The zero-order valence-corrected chi connectivity index (χ0v) is 17.8. The molecule has 0 bridgehead atoms. The Bertz CT molecular complexity index is 1060. The lowest BCUT2D eigenvalue weighted by Gasteiger charge is -2.18. The molecule has 1 aromatic heterocycles. The van der Waals surface area contributed by atoms with E-state index in [1.54, 1.807) is 25.1 Å². The highest BCUT2D eigenvalue weighted by atomic mass is 16.5. The quantitative estimate of drug-likeness (QED) is 0.390. The standard InChI is InChI=1S/C22H28N4O6/c1-3-8-31-15-6-4-14(5-7-15)9-16(23)21(29)24-11-18-17(27)10-19(32-18)26-12-13(2)20(28)25-22(26)30/h3-7,12,16-19,27H,1,8-11,23H2,2H3,(H,24,29)(H,25,28,30)/t16-,17-,18+,19+/m0/s1. The van der Waals surface area contributed by atoms with Crippen molar-refractivity contribution >= 4 is 5.91 Å². The van der Waals surface area contributed by atoms with Crippen LogP contribution >= 0.6 is 0 Å². The molecule has 10 nitrogen and oxygen atoms in total. The summed E-state index contributed by atoms with van der Waals surface area (Å²) in [6.07, 6.45) is 1.18. The number of nitrogens with one attached hydrogen (secondary N) is 2. The van der Waals surface area contributed by atoms with Crippen LogP contribution in [0.3, 0.4) is 0 Å². The van der Waals surface area contributed by atoms with Gasteiger partial charge in [-0.3, -0.25) is 19.1 Å². The van der Waals surface area contributed by atoms with E-state index in [1.807, 2.05) is 12.1 Å². The van der Waals surface area contributed by atoms with Gasteiger partial charge in [0.2, 0.25) is 5.91 Å². The van der Waals surface area contributed by atoms with Crippen molar-refractivity contribution in [2.24, 2.45) is 5.73 Å². The van der Waals surface area contributed by atoms with Gasteiger partial charge in [-0.25, -0.2) is 4.79 Å². The summed E-state index contributed by atoms with van der Waals surface area (Å²) in [5.74, 6) is 0.318. The number of H-pyrrole nitrogens is 1. The smallest absolute Gasteiger partial charge is 0.330 e. The van der Waals surface area contributed by atoms with E-state index in [2.05, 4.69) is 16.9 Å². The molecule has 1 saturated heterocycles. The number of aliphatic hydroxyl groups excluding tert-OH is 1. The highest BCUT2D eigenvalue weighted by molar-refractivity contribution is 5.81. The van der Waals surface area contributed by atoms with Crippen LogP contribution in [0.25, 0.3) is 0 Å². The normalized spacial score (nSPS) is 21.2. The number of nitrogens with two attached hydrogens (primary N) is 1. The van der Waals surface area contributed by atoms with Gasteiger partial charge in [0.15, 0.2) is 0 Å². The Morgan fingerprint density at radius 3 is 2.84 bits per heavy atom. The molecule has 1 aliphatic rings. The Labute approximate surface area is 184 Å². The van der Waals surface area contributed by atoms with Gasteiger partial charge in [-0.2, -0.15) is 0 Å². The fraction of sp³-hybridized carbons (Fsp3) is 0.409. The van der Waals surface area contributed by atoms with Gasteiger partial charge in [-0.15, -0.1) is 0 Å². The third-order valence-corrected chi connectivity index (χ3v) is 5.22. The number of aliphatic hydroxyl groups is 1. The summed E-state index contributed by atoms with van der Waals surface area (Å²) in [6.45, 7) is 5.61. The molecule has 4 atom stereocenters. The second-order valence-electron chi connectivity index (χ2n) is 7.71. The number of hydrogen-bond acceptors (Lipinski definition) is 7. The number of ether oxygens (including phenoxy) is 2. The number of aromatic nitrogens is 2. The summed E-state index contributed by atoms with van der Waals surface area (Å²) in [5, 5.41) is 13.0. The lowest BCUT2D eigenvalue weighted by atomic mass is 10.1. The van der Waals surface area contributed by atoms with E-state index in [4.69, 9.17) is 15.2 Å². The molecule has 0 unspecified atom stereocenters. The van der Waals surface area contributed by atoms with Crippen LogP contribution in [-0.4, -0.2) is 52.0 Å². The number of carbonyl (C=O) groups excluding carboxylic acids is 1. The van der Waals surface area contributed by atoms with E-state index < -0.39 is 35.7 Å². The van der Waals surface area contributed by atoms with Crippen LogP contribution in [-0.2, 0) is 16.0 Å². The lowest BCUT2D eigenvalue weighted by molar-refractivity contribution is -0.123. The number of aryl methyl sites for hydroxylation is 1. The monoisotopic (exact) mass is 444 g/mol. The van der Waals surface area contributed by atoms with Crippen LogP contribution in [0.4, 0.5) is 0 Å². The van der Waals surface area contributed by atoms with Crippen LogP contribution in [0.2, 0.25) is 0 Å².